The van der Waals surface area contributed by atoms with Gasteiger partial charge >= 0.3 is 0 Å². The van der Waals surface area contributed by atoms with Crippen molar-refractivity contribution in [2.45, 2.75) is 11.9 Å². The molecule has 0 aromatic carbocycles. The van der Waals surface area contributed by atoms with Crippen LogP contribution in [0.2, 0.25) is 0 Å². The molecular weight excluding hydrogens is 280 g/mol. The van der Waals surface area contributed by atoms with Crippen molar-refractivity contribution in [1.82, 2.24) is 24.2 Å². The van der Waals surface area contributed by atoms with E-state index in [1.54, 1.807) is 37.0 Å². The lowest BCUT2D eigenvalue weighted by Gasteiger charge is -2.05. The van der Waals surface area contributed by atoms with Gasteiger partial charge in [-0.05, 0) is 13.0 Å². The first-order valence-corrected chi connectivity index (χ1v) is 7.48. The second-order valence-corrected chi connectivity index (χ2v) is 5.85. The van der Waals surface area contributed by atoms with Crippen LogP contribution in [0.1, 0.15) is 5.82 Å². The van der Waals surface area contributed by atoms with Crippen LogP contribution in [-0.2, 0) is 17.1 Å². The molecule has 2 aromatic rings. The molecule has 0 bridgehead atoms. The summed E-state index contributed by atoms with van der Waals surface area (Å²) in [5.41, 5.74) is 0. The van der Waals surface area contributed by atoms with Crippen molar-refractivity contribution in [3.05, 3.63) is 30.5 Å². The molecule has 0 saturated carbocycles. The van der Waals surface area contributed by atoms with E-state index in [-0.39, 0.29) is 11.6 Å². The van der Waals surface area contributed by atoms with E-state index < -0.39 is 10.0 Å². The van der Waals surface area contributed by atoms with Crippen molar-refractivity contribution >= 4 is 16.0 Å². The summed E-state index contributed by atoms with van der Waals surface area (Å²) in [7, 11) is -1.83. The van der Waals surface area contributed by atoms with Crippen molar-refractivity contribution < 1.29 is 8.42 Å². The summed E-state index contributed by atoms with van der Waals surface area (Å²) in [5, 5.41) is 2.93. The van der Waals surface area contributed by atoms with Gasteiger partial charge < -0.3 is 9.88 Å². The van der Waals surface area contributed by atoms with Gasteiger partial charge in [0.15, 0.2) is 5.03 Å². The standard InChI is InChI=1S/C11H16N6O2S/c1-9-16-10(8-17(9)2)20(18,19)15-7-6-14-11-12-4-3-5-13-11/h3-5,8,15H,6-7H2,1-2H3,(H,12,13,14). The summed E-state index contributed by atoms with van der Waals surface area (Å²) < 4.78 is 28.0. The van der Waals surface area contributed by atoms with Crippen molar-refractivity contribution in [3.8, 4) is 0 Å². The zero-order valence-corrected chi connectivity index (χ0v) is 12.1. The number of nitrogens with zero attached hydrogens (tertiary/aromatic N) is 4. The Morgan fingerprint density at radius 3 is 2.55 bits per heavy atom. The van der Waals surface area contributed by atoms with Crippen LogP contribution in [0.5, 0.6) is 0 Å². The van der Waals surface area contributed by atoms with E-state index in [2.05, 4.69) is 25.0 Å². The highest BCUT2D eigenvalue weighted by molar-refractivity contribution is 7.89. The Morgan fingerprint density at radius 2 is 1.95 bits per heavy atom. The third-order valence-corrected chi connectivity index (χ3v) is 3.96. The number of rotatable bonds is 6. The highest BCUT2D eigenvalue weighted by Crippen LogP contribution is 2.06. The molecule has 2 N–H and O–H groups in total. The van der Waals surface area contributed by atoms with E-state index in [4.69, 9.17) is 0 Å². The molecule has 2 aromatic heterocycles. The molecule has 2 heterocycles. The van der Waals surface area contributed by atoms with Crippen LogP contribution in [0.15, 0.2) is 29.7 Å². The minimum atomic E-state index is -3.58. The number of hydrogen-bond donors (Lipinski definition) is 2. The molecule has 108 valence electrons. The first-order valence-electron chi connectivity index (χ1n) is 5.99. The zero-order valence-electron chi connectivity index (χ0n) is 11.2. The number of hydrogen-bond acceptors (Lipinski definition) is 6. The van der Waals surface area contributed by atoms with Crippen LogP contribution in [0.4, 0.5) is 5.95 Å². The van der Waals surface area contributed by atoms with Gasteiger partial charge in [0, 0.05) is 38.7 Å². The molecule has 0 radical (unpaired) electrons. The van der Waals surface area contributed by atoms with Gasteiger partial charge in [-0.15, -0.1) is 0 Å². The SMILES string of the molecule is Cc1nc(S(=O)(=O)NCCNc2ncccn2)cn1C. The lowest BCUT2D eigenvalue weighted by Crippen LogP contribution is -2.29. The topological polar surface area (TPSA) is 102 Å². The van der Waals surface area contributed by atoms with Crippen molar-refractivity contribution in [2.24, 2.45) is 7.05 Å². The van der Waals surface area contributed by atoms with E-state index >= 15 is 0 Å². The summed E-state index contributed by atoms with van der Waals surface area (Å²) >= 11 is 0. The third kappa shape index (κ3) is 3.52. The van der Waals surface area contributed by atoms with Gasteiger partial charge in [0.05, 0.1) is 0 Å². The van der Waals surface area contributed by atoms with Gasteiger partial charge in [-0.25, -0.2) is 28.1 Å². The fourth-order valence-corrected chi connectivity index (χ4v) is 2.55. The summed E-state index contributed by atoms with van der Waals surface area (Å²) in [4.78, 5) is 11.9. The molecule has 0 aliphatic carbocycles. The van der Waals surface area contributed by atoms with Crippen molar-refractivity contribution in [3.63, 3.8) is 0 Å². The number of aromatic nitrogens is 4. The van der Waals surface area contributed by atoms with Gasteiger partial charge in [-0.1, -0.05) is 0 Å². The molecular formula is C11H16N6O2S. The fourth-order valence-electron chi connectivity index (χ4n) is 1.48. The maximum absolute atomic E-state index is 12.0. The molecule has 8 nitrogen and oxygen atoms in total. The van der Waals surface area contributed by atoms with Crippen molar-refractivity contribution in [1.29, 1.82) is 0 Å². The molecule has 0 aliphatic heterocycles. The maximum atomic E-state index is 12.0. The first-order chi connectivity index (χ1) is 9.49. The molecule has 0 spiro atoms. The Labute approximate surface area is 117 Å². The predicted octanol–water partition coefficient (Wildman–Crippen LogP) is -0.0911. The lowest BCUT2D eigenvalue weighted by atomic mass is 10.6. The van der Waals surface area contributed by atoms with E-state index in [0.717, 1.165) is 0 Å². The second kappa shape index (κ2) is 5.97. The number of sulfonamides is 1. The molecule has 0 saturated heterocycles. The van der Waals surface area contributed by atoms with Gasteiger partial charge in [0.2, 0.25) is 5.95 Å². The van der Waals surface area contributed by atoms with E-state index in [1.807, 2.05) is 0 Å². The fraction of sp³-hybridized carbons (Fsp3) is 0.364. The third-order valence-electron chi connectivity index (χ3n) is 2.63. The van der Waals surface area contributed by atoms with Crippen LogP contribution in [0, 0.1) is 6.92 Å². The highest BCUT2D eigenvalue weighted by atomic mass is 32.2. The van der Waals surface area contributed by atoms with E-state index in [1.165, 1.54) is 6.20 Å². The quantitative estimate of drug-likeness (QED) is 0.722. The van der Waals surface area contributed by atoms with Gasteiger partial charge in [0.1, 0.15) is 5.82 Å². The Bertz CT molecular complexity index is 648. The van der Waals surface area contributed by atoms with Crippen LogP contribution in [0.3, 0.4) is 0 Å². The summed E-state index contributed by atoms with van der Waals surface area (Å²) in [6, 6.07) is 1.71. The Morgan fingerprint density at radius 1 is 1.25 bits per heavy atom. The first kappa shape index (κ1) is 14.4. The molecule has 0 amide bonds. The summed E-state index contributed by atoms with van der Waals surface area (Å²) in [5.74, 6) is 1.10. The molecule has 0 unspecified atom stereocenters. The number of imidazole rings is 1. The maximum Gasteiger partial charge on any atom is 0.259 e. The minimum absolute atomic E-state index is 0.0217. The van der Waals surface area contributed by atoms with Crippen LogP contribution in [-0.4, -0.2) is 41.0 Å². The molecule has 9 heteroatoms. The lowest BCUT2D eigenvalue weighted by molar-refractivity contribution is 0.579. The Hall–Kier alpha value is -2.00. The normalized spacial score (nSPS) is 11.5. The Kier molecular flexibility index (Phi) is 4.30. The average Bonchev–Trinajstić information content (AvgIpc) is 2.77. The number of aryl methyl sites for hydroxylation is 2. The van der Waals surface area contributed by atoms with E-state index in [0.29, 0.717) is 18.3 Å². The number of nitrogens with one attached hydrogen (secondary N) is 2. The molecule has 20 heavy (non-hydrogen) atoms. The van der Waals surface area contributed by atoms with Gasteiger partial charge in [-0.2, -0.15) is 0 Å². The Balaban J connectivity index is 1.87. The summed E-state index contributed by atoms with van der Waals surface area (Å²) in [6.45, 7) is 2.35. The summed E-state index contributed by atoms with van der Waals surface area (Å²) in [6.07, 6.45) is 4.69. The molecule has 0 fully saturated rings. The zero-order chi connectivity index (χ0) is 14.6. The van der Waals surface area contributed by atoms with Gasteiger partial charge in [0.25, 0.3) is 10.0 Å². The largest absolute Gasteiger partial charge is 0.353 e. The van der Waals surface area contributed by atoms with E-state index in [9.17, 15) is 8.42 Å². The average molecular weight is 296 g/mol. The van der Waals surface area contributed by atoms with Crippen molar-refractivity contribution in [2.75, 3.05) is 18.4 Å². The smallest absolute Gasteiger partial charge is 0.259 e. The van der Waals surface area contributed by atoms with Crippen LogP contribution >= 0.6 is 0 Å². The molecule has 0 aliphatic rings. The predicted molar refractivity (Wildman–Crippen MR) is 73.7 cm³/mol. The molecule has 0 atom stereocenters. The molecule has 2 rings (SSSR count). The highest BCUT2D eigenvalue weighted by Gasteiger charge is 2.17. The second-order valence-electron chi connectivity index (χ2n) is 4.13. The van der Waals surface area contributed by atoms with Crippen LogP contribution in [0.25, 0.3) is 0 Å². The van der Waals surface area contributed by atoms with Gasteiger partial charge in [-0.3, -0.25) is 0 Å². The monoisotopic (exact) mass is 296 g/mol. The van der Waals surface area contributed by atoms with Crippen LogP contribution < -0.4 is 10.0 Å². The minimum Gasteiger partial charge on any atom is -0.353 e. The number of anilines is 1.